The Bertz CT molecular complexity index is 392. The maximum absolute atomic E-state index is 12.1. The van der Waals surface area contributed by atoms with Crippen molar-refractivity contribution in [1.82, 2.24) is 0 Å². The smallest absolute Gasteiger partial charge is 0.159 e. The van der Waals surface area contributed by atoms with E-state index >= 15 is 0 Å². The number of carbonyl (C=O) groups excluding carboxylic acids is 1. The van der Waals surface area contributed by atoms with E-state index < -0.39 is 0 Å². The fourth-order valence-electron chi connectivity index (χ4n) is 3.84. The molecule has 0 amide bonds. The summed E-state index contributed by atoms with van der Waals surface area (Å²) in [4.78, 5) is 12.1. The molecule has 0 aliphatic heterocycles. The van der Waals surface area contributed by atoms with Crippen molar-refractivity contribution in [1.29, 1.82) is 0 Å². The molecule has 100 valence electrons. The van der Waals surface area contributed by atoms with E-state index in [-0.39, 0.29) is 29.1 Å². The second kappa shape index (κ2) is 4.65. The van der Waals surface area contributed by atoms with Gasteiger partial charge in [-0.2, -0.15) is 0 Å². The molecule has 1 N–H and O–H groups in total. The lowest BCUT2D eigenvalue weighted by molar-refractivity contribution is -0.122. The van der Waals surface area contributed by atoms with Crippen molar-refractivity contribution in [3.63, 3.8) is 0 Å². The Morgan fingerprint density at radius 2 is 2.28 bits per heavy atom. The van der Waals surface area contributed by atoms with E-state index in [0.29, 0.717) is 0 Å². The van der Waals surface area contributed by atoms with Gasteiger partial charge >= 0.3 is 0 Å². The van der Waals surface area contributed by atoms with Crippen molar-refractivity contribution in [2.45, 2.75) is 46.0 Å². The summed E-state index contributed by atoms with van der Waals surface area (Å²) in [7, 11) is 0. The van der Waals surface area contributed by atoms with Gasteiger partial charge in [-0.05, 0) is 43.6 Å². The molecule has 0 bridgehead atoms. The second-order valence-electron chi connectivity index (χ2n) is 6.48. The summed E-state index contributed by atoms with van der Waals surface area (Å²) in [6, 6.07) is 0. The number of allylic oxidation sites excluding steroid dienone is 2. The third-order valence-corrected chi connectivity index (χ3v) is 5.19. The van der Waals surface area contributed by atoms with Crippen molar-refractivity contribution in [3.8, 4) is 0 Å². The van der Waals surface area contributed by atoms with Crippen LogP contribution in [0.25, 0.3) is 0 Å². The number of hydrogen-bond donors (Lipinski definition) is 1. The van der Waals surface area contributed by atoms with Crippen LogP contribution in [0.1, 0.15) is 46.0 Å². The van der Waals surface area contributed by atoms with Crippen molar-refractivity contribution in [3.05, 3.63) is 24.3 Å². The van der Waals surface area contributed by atoms with E-state index in [1.165, 1.54) is 5.57 Å². The highest BCUT2D eigenvalue weighted by atomic mass is 16.3. The SMILES string of the molecule is C=CC[C@H]1C[C@@]2(CO)C(=CC1=O)CCCC2(C)C. The number of carbonyl (C=O) groups is 1. The van der Waals surface area contributed by atoms with E-state index in [1.807, 2.05) is 12.2 Å². The van der Waals surface area contributed by atoms with Gasteiger partial charge in [-0.3, -0.25) is 4.79 Å². The summed E-state index contributed by atoms with van der Waals surface area (Å²) in [5, 5.41) is 10.0. The number of ketones is 1. The van der Waals surface area contributed by atoms with Crippen molar-refractivity contribution < 1.29 is 9.90 Å². The molecule has 0 aromatic rings. The highest BCUT2D eigenvalue weighted by Gasteiger charge is 2.52. The van der Waals surface area contributed by atoms with Gasteiger partial charge in [0.2, 0.25) is 0 Å². The molecular weight excluding hydrogens is 224 g/mol. The fraction of sp³-hybridized carbons (Fsp3) is 0.688. The summed E-state index contributed by atoms with van der Waals surface area (Å²) < 4.78 is 0. The van der Waals surface area contributed by atoms with Crippen molar-refractivity contribution in [2.75, 3.05) is 6.61 Å². The summed E-state index contributed by atoms with van der Waals surface area (Å²) in [5.74, 6) is 0.238. The first kappa shape index (κ1) is 13.5. The molecule has 2 aliphatic rings. The molecule has 2 rings (SSSR count). The summed E-state index contributed by atoms with van der Waals surface area (Å²) in [6.07, 6.45) is 8.38. The first-order valence-corrected chi connectivity index (χ1v) is 6.93. The third-order valence-electron chi connectivity index (χ3n) is 5.19. The molecule has 0 radical (unpaired) electrons. The average Bonchev–Trinajstić information content (AvgIpc) is 2.31. The van der Waals surface area contributed by atoms with E-state index in [4.69, 9.17) is 0 Å². The van der Waals surface area contributed by atoms with Gasteiger partial charge in [0, 0.05) is 11.3 Å². The van der Waals surface area contributed by atoms with E-state index in [9.17, 15) is 9.90 Å². The minimum Gasteiger partial charge on any atom is -0.395 e. The fourth-order valence-corrected chi connectivity index (χ4v) is 3.84. The molecule has 0 saturated heterocycles. The number of aliphatic hydroxyl groups excluding tert-OH is 1. The molecule has 1 fully saturated rings. The number of aliphatic hydroxyl groups is 1. The Hall–Kier alpha value is -0.890. The Labute approximate surface area is 110 Å². The second-order valence-corrected chi connectivity index (χ2v) is 6.48. The standard InChI is InChI=1S/C16H24O2/c1-4-6-12-10-16(11-17)13(9-14(12)18)7-5-8-15(16,2)3/h4,9,12,17H,1,5-8,10-11H2,2-3H3/t12-,16+/m0/s1. The Morgan fingerprint density at radius 3 is 2.89 bits per heavy atom. The maximum atomic E-state index is 12.1. The molecular formula is C16H24O2. The van der Waals surface area contributed by atoms with Gasteiger partial charge in [-0.15, -0.1) is 6.58 Å². The van der Waals surface area contributed by atoms with Gasteiger partial charge < -0.3 is 5.11 Å². The van der Waals surface area contributed by atoms with Crippen LogP contribution in [0.4, 0.5) is 0 Å². The average molecular weight is 248 g/mol. The molecule has 0 aromatic carbocycles. The van der Waals surface area contributed by atoms with Crippen LogP contribution in [0, 0.1) is 16.7 Å². The van der Waals surface area contributed by atoms with Gasteiger partial charge in [0.1, 0.15) is 0 Å². The third kappa shape index (κ3) is 1.87. The van der Waals surface area contributed by atoms with Crippen LogP contribution >= 0.6 is 0 Å². The van der Waals surface area contributed by atoms with Crippen LogP contribution in [0.2, 0.25) is 0 Å². The first-order valence-electron chi connectivity index (χ1n) is 6.93. The minimum atomic E-state index is -0.188. The lowest BCUT2D eigenvalue weighted by atomic mass is 9.51. The lowest BCUT2D eigenvalue weighted by Gasteiger charge is -2.54. The zero-order chi connectivity index (χ0) is 13.4. The van der Waals surface area contributed by atoms with E-state index in [0.717, 1.165) is 32.1 Å². The monoisotopic (exact) mass is 248 g/mol. The Balaban J connectivity index is 2.43. The van der Waals surface area contributed by atoms with Crippen LogP contribution < -0.4 is 0 Å². The Kier molecular flexibility index (Phi) is 3.50. The van der Waals surface area contributed by atoms with Gasteiger partial charge in [-0.1, -0.05) is 25.5 Å². The number of hydrogen-bond acceptors (Lipinski definition) is 2. The van der Waals surface area contributed by atoms with Crippen LogP contribution in [0.5, 0.6) is 0 Å². The molecule has 2 nitrogen and oxygen atoms in total. The zero-order valence-electron chi connectivity index (χ0n) is 11.5. The predicted octanol–water partition coefficient (Wildman–Crippen LogP) is 3.27. The number of fused-ring (bicyclic) bond motifs is 1. The minimum absolute atomic E-state index is 0.00998. The van der Waals surface area contributed by atoms with Gasteiger partial charge in [0.05, 0.1) is 6.61 Å². The summed E-state index contributed by atoms with van der Waals surface area (Å²) in [5.41, 5.74) is 1.07. The quantitative estimate of drug-likeness (QED) is 0.778. The van der Waals surface area contributed by atoms with Crippen molar-refractivity contribution in [2.24, 2.45) is 16.7 Å². The molecule has 2 heteroatoms. The van der Waals surface area contributed by atoms with Crippen LogP contribution in [0.3, 0.4) is 0 Å². The summed E-state index contributed by atoms with van der Waals surface area (Å²) in [6.45, 7) is 8.37. The van der Waals surface area contributed by atoms with Crippen LogP contribution in [-0.4, -0.2) is 17.5 Å². The number of rotatable bonds is 3. The molecule has 18 heavy (non-hydrogen) atoms. The predicted molar refractivity (Wildman–Crippen MR) is 73.2 cm³/mol. The van der Waals surface area contributed by atoms with Gasteiger partial charge in [-0.25, -0.2) is 0 Å². The highest BCUT2D eigenvalue weighted by molar-refractivity contribution is 5.94. The molecule has 2 atom stereocenters. The molecule has 1 saturated carbocycles. The first-order chi connectivity index (χ1) is 8.47. The molecule has 0 spiro atoms. The van der Waals surface area contributed by atoms with E-state index in [2.05, 4.69) is 20.4 Å². The van der Waals surface area contributed by atoms with E-state index in [1.54, 1.807) is 0 Å². The summed E-state index contributed by atoms with van der Waals surface area (Å²) >= 11 is 0. The topological polar surface area (TPSA) is 37.3 Å². The molecule has 0 unspecified atom stereocenters. The largest absolute Gasteiger partial charge is 0.395 e. The van der Waals surface area contributed by atoms with Gasteiger partial charge in [0.25, 0.3) is 0 Å². The lowest BCUT2D eigenvalue weighted by Crippen LogP contribution is -2.49. The Morgan fingerprint density at radius 1 is 1.56 bits per heavy atom. The van der Waals surface area contributed by atoms with Crippen LogP contribution in [0.15, 0.2) is 24.3 Å². The van der Waals surface area contributed by atoms with Crippen molar-refractivity contribution >= 4 is 5.78 Å². The van der Waals surface area contributed by atoms with Crippen LogP contribution in [-0.2, 0) is 4.79 Å². The normalized spacial score (nSPS) is 34.7. The highest BCUT2D eigenvalue weighted by Crippen LogP contribution is 2.58. The van der Waals surface area contributed by atoms with Gasteiger partial charge in [0.15, 0.2) is 5.78 Å². The maximum Gasteiger partial charge on any atom is 0.159 e. The molecule has 2 aliphatic carbocycles. The zero-order valence-corrected chi connectivity index (χ0v) is 11.5. The molecule has 0 aromatic heterocycles. The molecule has 0 heterocycles.